The third kappa shape index (κ3) is 4.17. The Morgan fingerprint density at radius 3 is 2.18 bits per heavy atom. The van der Waals surface area contributed by atoms with Gasteiger partial charge in [0, 0.05) is 43.3 Å². The van der Waals surface area contributed by atoms with E-state index in [0.717, 1.165) is 22.6 Å². The molecule has 7 nitrogen and oxygen atoms in total. The highest BCUT2D eigenvalue weighted by atomic mass is 32.2. The molecule has 0 N–H and O–H groups in total. The van der Waals surface area contributed by atoms with Gasteiger partial charge in [0.2, 0.25) is 10.0 Å². The number of piperazine rings is 1. The highest BCUT2D eigenvalue weighted by Crippen LogP contribution is 2.25. The van der Waals surface area contributed by atoms with Crippen LogP contribution in [0.4, 0.5) is 0 Å². The third-order valence-electron chi connectivity index (χ3n) is 6.16. The van der Waals surface area contributed by atoms with E-state index in [0.29, 0.717) is 24.2 Å². The maximum absolute atomic E-state index is 13.3. The molecule has 0 radical (unpaired) electrons. The van der Waals surface area contributed by atoms with Crippen LogP contribution < -0.4 is 0 Å². The first-order chi connectivity index (χ1) is 15.7. The van der Waals surface area contributed by atoms with E-state index in [-0.39, 0.29) is 23.9 Å². The lowest BCUT2D eigenvalue weighted by atomic mass is 10.2. The van der Waals surface area contributed by atoms with Crippen LogP contribution in [0, 0.1) is 32.1 Å². The number of sulfonamides is 1. The number of para-hydroxylation sites is 1. The second kappa shape index (κ2) is 8.85. The van der Waals surface area contributed by atoms with Crippen molar-refractivity contribution in [2.24, 2.45) is 0 Å². The summed E-state index contributed by atoms with van der Waals surface area (Å²) in [5.41, 5.74) is 5.07. The summed E-state index contributed by atoms with van der Waals surface area (Å²) in [6.07, 6.45) is 0. The molecule has 8 heteroatoms. The highest BCUT2D eigenvalue weighted by molar-refractivity contribution is 7.89. The van der Waals surface area contributed by atoms with Crippen LogP contribution in [-0.2, 0) is 10.0 Å². The molecule has 33 heavy (non-hydrogen) atoms. The summed E-state index contributed by atoms with van der Waals surface area (Å²) in [6.45, 7) is 7.07. The Balaban J connectivity index is 1.51. The van der Waals surface area contributed by atoms with Crippen molar-refractivity contribution in [2.75, 3.05) is 26.2 Å². The number of rotatable bonds is 4. The van der Waals surface area contributed by atoms with E-state index in [4.69, 9.17) is 5.26 Å². The number of aromatic nitrogens is 1. The molecule has 0 unspecified atom stereocenters. The molecule has 0 spiro atoms. The molecule has 170 valence electrons. The quantitative estimate of drug-likeness (QED) is 0.595. The summed E-state index contributed by atoms with van der Waals surface area (Å²) in [5, 5.41) is 8.92. The number of nitriles is 1. The lowest BCUT2D eigenvalue weighted by Crippen LogP contribution is -2.50. The number of hydrogen-bond acceptors (Lipinski definition) is 4. The molecule has 0 bridgehead atoms. The number of amides is 1. The predicted octanol–water partition coefficient (Wildman–Crippen LogP) is 3.42. The summed E-state index contributed by atoms with van der Waals surface area (Å²) in [5.74, 6) is -0.0849. The van der Waals surface area contributed by atoms with Crippen molar-refractivity contribution in [1.29, 1.82) is 5.26 Å². The number of nitrogens with zero attached hydrogens (tertiary/aromatic N) is 4. The molecule has 4 rings (SSSR count). The van der Waals surface area contributed by atoms with Gasteiger partial charge in [-0.2, -0.15) is 9.57 Å². The van der Waals surface area contributed by atoms with Gasteiger partial charge >= 0.3 is 0 Å². The maximum Gasteiger partial charge on any atom is 0.255 e. The monoisotopic (exact) mass is 462 g/mol. The lowest BCUT2D eigenvalue weighted by Gasteiger charge is -2.34. The van der Waals surface area contributed by atoms with E-state index in [1.165, 1.54) is 28.6 Å². The lowest BCUT2D eigenvalue weighted by molar-refractivity contribution is 0.0697. The maximum atomic E-state index is 13.3. The van der Waals surface area contributed by atoms with Gasteiger partial charge in [0.1, 0.15) is 0 Å². The fraction of sp³-hybridized carbons (Fsp3) is 0.280. The summed E-state index contributed by atoms with van der Waals surface area (Å²) in [4.78, 5) is 15.2. The van der Waals surface area contributed by atoms with Crippen molar-refractivity contribution in [3.8, 4) is 11.8 Å². The molecule has 1 fully saturated rings. The molecule has 1 aromatic heterocycles. The fourth-order valence-electron chi connectivity index (χ4n) is 4.32. The molecule has 2 heterocycles. The van der Waals surface area contributed by atoms with E-state index in [2.05, 4.69) is 4.57 Å². The minimum absolute atomic E-state index is 0.0849. The van der Waals surface area contributed by atoms with Gasteiger partial charge in [-0.25, -0.2) is 8.42 Å². The van der Waals surface area contributed by atoms with E-state index in [9.17, 15) is 13.2 Å². The van der Waals surface area contributed by atoms with Gasteiger partial charge in [-0.1, -0.05) is 18.2 Å². The summed E-state index contributed by atoms with van der Waals surface area (Å²) < 4.78 is 29.4. The first-order valence-corrected chi connectivity index (χ1v) is 12.2. The largest absolute Gasteiger partial charge is 0.336 e. The van der Waals surface area contributed by atoms with Crippen LogP contribution in [0.2, 0.25) is 0 Å². The first kappa shape index (κ1) is 22.8. The smallest absolute Gasteiger partial charge is 0.255 e. The van der Waals surface area contributed by atoms with Crippen molar-refractivity contribution < 1.29 is 13.2 Å². The molecule has 1 aliphatic heterocycles. The van der Waals surface area contributed by atoms with Gasteiger partial charge in [-0.15, -0.1) is 0 Å². The Bertz CT molecular complexity index is 1340. The Kier molecular flexibility index (Phi) is 6.11. The SMILES string of the molecule is Cc1ccccc1-n1c(C)cc(C(=O)N2CCN(S(=O)(=O)c3ccc(C#N)cc3)CC2)c1C. The third-order valence-corrected chi connectivity index (χ3v) is 8.08. The van der Waals surface area contributed by atoms with Crippen LogP contribution in [0.15, 0.2) is 59.5 Å². The van der Waals surface area contributed by atoms with E-state index in [1.54, 1.807) is 4.90 Å². The Labute approximate surface area is 194 Å². The normalized spacial score (nSPS) is 14.8. The van der Waals surface area contributed by atoms with Crippen molar-refractivity contribution in [3.05, 3.63) is 82.7 Å². The Morgan fingerprint density at radius 1 is 0.939 bits per heavy atom. The second-order valence-electron chi connectivity index (χ2n) is 8.24. The van der Waals surface area contributed by atoms with Gasteiger partial charge < -0.3 is 9.47 Å². The molecule has 3 aromatic rings. The average Bonchev–Trinajstić information content (AvgIpc) is 3.12. The summed E-state index contributed by atoms with van der Waals surface area (Å²) in [7, 11) is -3.67. The van der Waals surface area contributed by atoms with E-state index < -0.39 is 10.0 Å². The zero-order valence-corrected chi connectivity index (χ0v) is 19.8. The zero-order chi connectivity index (χ0) is 23.8. The van der Waals surface area contributed by atoms with E-state index >= 15 is 0 Å². The van der Waals surface area contributed by atoms with Crippen LogP contribution in [0.5, 0.6) is 0 Å². The zero-order valence-electron chi connectivity index (χ0n) is 18.9. The topological polar surface area (TPSA) is 86.4 Å². The molecule has 0 aliphatic carbocycles. The van der Waals surface area contributed by atoms with Gasteiger partial charge in [0.25, 0.3) is 5.91 Å². The summed E-state index contributed by atoms with van der Waals surface area (Å²) >= 11 is 0. The van der Waals surface area contributed by atoms with Crippen LogP contribution >= 0.6 is 0 Å². The molecule has 1 saturated heterocycles. The number of benzene rings is 2. The first-order valence-electron chi connectivity index (χ1n) is 10.8. The van der Waals surface area contributed by atoms with Gasteiger partial charge in [-0.05, 0) is 62.7 Å². The van der Waals surface area contributed by atoms with Crippen LogP contribution in [0.1, 0.15) is 32.9 Å². The Morgan fingerprint density at radius 2 is 1.58 bits per heavy atom. The Hall–Kier alpha value is -3.41. The van der Waals surface area contributed by atoms with Crippen molar-refractivity contribution in [2.45, 2.75) is 25.7 Å². The predicted molar refractivity (Wildman–Crippen MR) is 126 cm³/mol. The van der Waals surface area contributed by atoms with Crippen molar-refractivity contribution in [3.63, 3.8) is 0 Å². The minimum atomic E-state index is -3.67. The molecular formula is C25H26N4O3S. The minimum Gasteiger partial charge on any atom is -0.336 e. The molecule has 0 atom stereocenters. The van der Waals surface area contributed by atoms with Crippen molar-refractivity contribution >= 4 is 15.9 Å². The standard InChI is InChI=1S/C25H26N4O3S/c1-18-6-4-5-7-24(18)29-19(2)16-23(20(29)3)25(30)27-12-14-28(15-13-27)33(31,32)22-10-8-21(17-26)9-11-22/h4-11,16H,12-15H2,1-3H3. The molecule has 0 saturated carbocycles. The van der Waals surface area contributed by atoms with Crippen LogP contribution in [0.3, 0.4) is 0 Å². The second-order valence-corrected chi connectivity index (χ2v) is 10.2. The van der Waals surface area contributed by atoms with Crippen LogP contribution in [-0.4, -0.2) is 54.3 Å². The van der Waals surface area contributed by atoms with Crippen molar-refractivity contribution in [1.82, 2.24) is 13.8 Å². The number of carbonyl (C=O) groups is 1. The van der Waals surface area contributed by atoms with Gasteiger partial charge in [-0.3, -0.25) is 4.79 Å². The summed E-state index contributed by atoms with van der Waals surface area (Å²) in [6, 6.07) is 17.8. The van der Waals surface area contributed by atoms with Crippen LogP contribution in [0.25, 0.3) is 5.69 Å². The molecular weight excluding hydrogens is 436 g/mol. The average molecular weight is 463 g/mol. The number of hydrogen-bond donors (Lipinski definition) is 0. The molecule has 1 amide bonds. The van der Waals surface area contributed by atoms with Gasteiger partial charge in [0.15, 0.2) is 0 Å². The molecule has 2 aromatic carbocycles. The fourth-order valence-corrected chi connectivity index (χ4v) is 5.74. The van der Waals surface area contributed by atoms with Gasteiger partial charge in [0.05, 0.1) is 22.1 Å². The van der Waals surface area contributed by atoms with E-state index in [1.807, 2.05) is 57.2 Å². The molecule has 1 aliphatic rings. The number of aryl methyl sites for hydroxylation is 2. The highest BCUT2D eigenvalue weighted by Gasteiger charge is 2.31. The number of carbonyl (C=O) groups excluding carboxylic acids is 1.